The molecular weight excluding hydrogens is 210 g/mol. The van der Waals surface area contributed by atoms with Crippen molar-refractivity contribution >= 4 is 0 Å². The summed E-state index contributed by atoms with van der Waals surface area (Å²) in [5.74, 6) is 0. The number of hydrogen-bond acceptors (Lipinski definition) is 2. The molecule has 2 heterocycles. The summed E-state index contributed by atoms with van der Waals surface area (Å²) in [6.45, 7) is 10.1. The van der Waals surface area contributed by atoms with E-state index in [1.165, 1.54) is 25.0 Å². The Kier molecular flexibility index (Phi) is 3.57. The smallest absolute Gasteiger partial charge is 0.0948 e. The fourth-order valence-corrected chi connectivity index (χ4v) is 2.64. The molecule has 1 aliphatic rings. The van der Waals surface area contributed by atoms with E-state index in [0.29, 0.717) is 17.5 Å². The van der Waals surface area contributed by atoms with E-state index in [1.54, 1.807) is 0 Å². The number of imidazole rings is 1. The molecule has 1 saturated heterocycles. The predicted octanol–water partition coefficient (Wildman–Crippen LogP) is 3.13. The third-order valence-corrected chi connectivity index (χ3v) is 3.36. The highest BCUT2D eigenvalue weighted by molar-refractivity contribution is 5.07. The van der Waals surface area contributed by atoms with Crippen LogP contribution in [0.2, 0.25) is 0 Å². The van der Waals surface area contributed by atoms with Crippen LogP contribution in [0.15, 0.2) is 12.5 Å². The fraction of sp³-hybridized carbons (Fsp3) is 0.786. The Morgan fingerprint density at radius 2 is 2.18 bits per heavy atom. The number of rotatable bonds is 2. The number of nitrogens with zero attached hydrogens (tertiary/aromatic N) is 2. The van der Waals surface area contributed by atoms with Crippen LogP contribution in [0.3, 0.4) is 0 Å². The Morgan fingerprint density at radius 1 is 1.41 bits per heavy atom. The molecule has 1 aliphatic heterocycles. The van der Waals surface area contributed by atoms with Gasteiger partial charge in [-0.15, -0.1) is 0 Å². The second kappa shape index (κ2) is 4.81. The second-order valence-corrected chi connectivity index (χ2v) is 6.56. The van der Waals surface area contributed by atoms with E-state index in [9.17, 15) is 0 Å². The summed E-state index contributed by atoms with van der Waals surface area (Å²) in [5, 5.41) is 3.68. The van der Waals surface area contributed by atoms with Crippen molar-refractivity contribution in [3.63, 3.8) is 0 Å². The summed E-state index contributed by atoms with van der Waals surface area (Å²) in [6.07, 6.45) is 7.85. The van der Waals surface area contributed by atoms with Crippen molar-refractivity contribution in [2.45, 2.75) is 65.6 Å². The Hall–Kier alpha value is -0.830. The van der Waals surface area contributed by atoms with Crippen LogP contribution in [0, 0.1) is 5.41 Å². The van der Waals surface area contributed by atoms with Gasteiger partial charge in [0.2, 0.25) is 0 Å². The molecule has 1 aromatic heterocycles. The second-order valence-electron chi connectivity index (χ2n) is 6.56. The van der Waals surface area contributed by atoms with Crippen LogP contribution in [0.4, 0.5) is 0 Å². The van der Waals surface area contributed by atoms with Crippen LogP contribution >= 0.6 is 0 Å². The van der Waals surface area contributed by atoms with Gasteiger partial charge in [-0.25, -0.2) is 4.98 Å². The quantitative estimate of drug-likeness (QED) is 0.853. The topological polar surface area (TPSA) is 29.9 Å². The maximum absolute atomic E-state index is 4.33. The van der Waals surface area contributed by atoms with Crippen LogP contribution in [-0.2, 0) is 6.54 Å². The number of aromatic nitrogens is 2. The molecule has 1 aromatic rings. The molecule has 3 heteroatoms. The first-order valence-electron chi connectivity index (χ1n) is 6.72. The van der Waals surface area contributed by atoms with Crippen LogP contribution in [0.5, 0.6) is 0 Å². The Morgan fingerprint density at radius 3 is 2.82 bits per heavy atom. The van der Waals surface area contributed by atoms with Gasteiger partial charge in [0.25, 0.3) is 0 Å². The number of nitrogens with one attached hydrogen (secondary N) is 1. The lowest BCUT2D eigenvalue weighted by atomic mass is 9.95. The lowest BCUT2D eigenvalue weighted by Gasteiger charge is -2.30. The molecule has 3 nitrogen and oxygen atoms in total. The Bertz CT molecular complexity index is 362. The van der Waals surface area contributed by atoms with E-state index < -0.39 is 0 Å². The fourth-order valence-electron chi connectivity index (χ4n) is 2.64. The molecule has 0 bridgehead atoms. The normalized spacial score (nSPS) is 26.1. The van der Waals surface area contributed by atoms with Gasteiger partial charge in [-0.2, -0.15) is 0 Å². The van der Waals surface area contributed by atoms with Crippen molar-refractivity contribution in [3.05, 3.63) is 18.2 Å². The SMILES string of the molecule is CC1CCCC(c2cncn2CC(C)(C)C)N1. The van der Waals surface area contributed by atoms with E-state index in [1.807, 2.05) is 12.5 Å². The highest BCUT2D eigenvalue weighted by Gasteiger charge is 2.23. The Labute approximate surface area is 105 Å². The molecule has 1 fully saturated rings. The molecule has 2 unspecified atom stereocenters. The van der Waals surface area contributed by atoms with Crippen molar-refractivity contribution in [2.75, 3.05) is 0 Å². The van der Waals surface area contributed by atoms with Gasteiger partial charge < -0.3 is 9.88 Å². The average Bonchev–Trinajstić information content (AvgIpc) is 2.63. The molecule has 1 N–H and O–H groups in total. The molecule has 0 amide bonds. The summed E-state index contributed by atoms with van der Waals surface area (Å²) < 4.78 is 2.32. The summed E-state index contributed by atoms with van der Waals surface area (Å²) in [4.78, 5) is 4.33. The van der Waals surface area contributed by atoms with Crippen molar-refractivity contribution in [3.8, 4) is 0 Å². The zero-order chi connectivity index (χ0) is 12.5. The molecule has 0 radical (unpaired) electrons. The van der Waals surface area contributed by atoms with Gasteiger partial charge in [0.05, 0.1) is 12.0 Å². The first kappa shape index (κ1) is 12.6. The van der Waals surface area contributed by atoms with E-state index in [4.69, 9.17) is 0 Å². The van der Waals surface area contributed by atoms with E-state index in [-0.39, 0.29) is 0 Å². The van der Waals surface area contributed by atoms with Gasteiger partial charge in [0.15, 0.2) is 0 Å². The van der Waals surface area contributed by atoms with Crippen LogP contribution < -0.4 is 5.32 Å². The predicted molar refractivity (Wildman–Crippen MR) is 70.9 cm³/mol. The van der Waals surface area contributed by atoms with E-state index in [0.717, 1.165) is 6.54 Å². The van der Waals surface area contributed by atoms with Crippen molar-refractivity contribution in [2.24, 2.45) is 5.41 Å². The summed E-state index contributed by atoms with van der Waals surface area (Å²) in [7, 11) is 0. The largest absolute Gasteiger partial charge is 0.333 e. The third kappa shape index (κ3) is 3.32. The molecule has 17 heavy (non-hydrogen) atoms. The first-order valence-corrected chi connectivity index (χ1v) is 6.72. The minimum atomic E-state index is 0.301. The van der Waals surface area contributed by atoms with Gasteiger partial charge in [-0.05, 0) is 31.6 Å². The summed E-state index contributed by atoms with van der Waals surface area (Å²) in [6, 6.07) is 1.12. The summed E-state index contributed by atoms with van der Waals surface area (Å²) >= 11 is 0. The molecule has 0 aliphatic carbocycles. The van der Waals surface area contributed by atoms with Gasteiger partial charge in [-0.3, -0.25) is 0 Å². The lowest BCUT2D eigenvalue weighted by Crippen LogP contribution is -2.36. The minimum absolute atomic E-state index is 0.301. The van der Waals surface area contributed by atoms with Gasteiger partial charge >= 0.3 is 0 Å². The third-order valence-electron chi connectivity index (χ3n) is 3.36. The zero-order valence-corrected chi connectivity index (χ0v) is 11.5. The average molecular weight is 235 g/mol. The zero-order valence-electron chi connectivity index (χ0n) is 11.5. The van der Waals surface area contributed by atoms with E-state index in [2.05, 4.69) is 42.6 Å². The molecule has 2 rings (SSSR count). The van der Waals surface area contributed by atoms with Gasteiger partial charge in [0.1, 0.15) is 0 Å². The number of piperidine rings is 1. The maximum atomic E-state index is 4.33. The first-order chi connectivity index (χ1) is 7.96. The molecule has 0 spiro atoms. The molecular formula is C14H25N3. The molecule has 96 valence electrons. The van der Waals surface area contributed by atoms with Crippen LogP contribution in [0.25, 0.3) is 0 Å². The molecule has 2 atom stereocenters. The lowest BCUT2D eigenvalue weighted by molar-refractivity contribution is 0.301. The maximum Gasteiger partial charge on any atom is 0.0948 e. The monoisotopic (exact) mass is 235 g/mol. The van der Waals surface area contributed by atoms with Crippen molar-refractivity contribution in [1.29, 1.82) is 0 Å². The summed E-state index contributed by atoms with van der Waals surface area (Å²) in [5.41, 5.74) is 1.65. The van der Waals surface area contributed by atoms with Crippen molar-refractivity contribution in [1.82, 2.24) is 14.9 Å². The van der Waals surface area contributed by atoms with Gasteiger partial charge in [-0.1, -0.05) is 20.8 Å². The Balaban J connectivity index is 2.13. The van der Waals surface area contributed by atoms with Crippen LogP contribution in [-0.4, -0.2) is 15.6 Å². The van der Waals surface area contributed by atoms with E-state index >= 15 is 0 Å². The molecule has 0 saturated carbocycles. The minimum Gasteiger partial charge on any atom is -0.333 e. The standard InChI is InChI=1S/C14H25N3/c1-11-6-5-7-12(16-11)13-8-15-10-17(13)9-14(2,3)4/h8,10-12,16H,5-7,9H2,1-4H3. The van der Waals surface area contributed by atoms with Crippen molar-refractivity contribution < 1.29 is 0 Å². The molecule has 0 aromatic carbocycles. The highest BCUT2D eigenvalue weighted by atomic mass is 15.1. The highest BCUT2D eigenvalue weighted by Crippen LogP contribution is 2.27. The van der Waals surface area contributed by atoms with Gasteiger partial charge in [0, 0.05) is 24.8 Å². The van der Waals surface area contributed by atoms with Crippen LogP contribution in [0.1, 0.15) is 58.7 Å². The number of hydrogen-bond donors (Lipinski definition) is 1.